The summed E-state index contributed by atoms with van der Waals surface area (Å²) in [4.78, 5) is 1.05. The number of thioether (sulfide) groups is 1. The number of hydrogen-bond donors (Lipinski definition) is 1. The Balaban J connectivity index is 2.09. The molecule has 4 heteroatoms. The molecule has 1 N–H and O–H groups in total. The maximum Gasteiger partial charge on any atom is 0.162 e. The minimum atomic E-state index is -0.791. The number of hydrogen-bond acceptors (Lipinski definition) is 2. The molecule has 0 fully saturated rings. The number of halogens is 2. The zero-order valence-corrected chi connectivity index (χ0v) is 12.3. The lowest BCUT2D eigenvalue weighted by atomic mass is 10.1. The number of rotatable bonds is 5. The van der Waals surface area contributed by atoms with E-state index in [-0.39, 0.29) is 6.04 Å². The van der Waals surface area contributed by atoms with Gasteiger partial charge in [-0.3, -0.25) is 0 Å². The maximum atomic E-state index is 13.6. The molecule has 0 aromatic heterocycles. The molecule has 0 heterocycles. The van der Waals surface area contributed by atoms with Gasteiger partial charge in [0.25, 0.3) is 0 Å². The number of nitrogens with one attached hydrogen (secondary N) is 1. The molecular weight excluding hydrogens is 276 g/mol. The highest BCUT2D eigenvalue weighted by Gasteiger charge is 2.08. The van der Waals surface area contributed by atoms with Gasteiger partial charge >= 0.3 is 0 Å². The van der Waals surface area contributed by atoms with E-state index in [1.54, 1.807) is 6.07 Å². The molecule has 0 saturated carbocycles. The van der Waals surface area contributed by atoms with Gasteiger partial charge in [0.2, 0.25) is 0 Å². The van der Waals surface area contributed by atoms with E-state index in [9.17, 15) is 8.78 Å². The first kappa shape index (κ1) is 15.0. The summed E-state index contributed by atoms with van der Waals surface area (Å²) in [6, 6.07) is 12.6. The summed E-state index contributed by atoms with van der Waals surface area (Å²) < 4.78 is 26.7. The lowest BCUT2D eigenvalue weighted by Gasteiger charge is -2.12. The first-order chi connectivity index (χ1) is 9.61. The molecule has 0 amide bonds. The van der Waals surface area contributed by atoms with Gasteiger partial charge in [0.15, 0.2) is 11.6 Å². The topological polar surface area (TPSA) is 12.0 Å². The molecule has 0 aliphatic rings. The van der Waals surface area contributed by atoms with E-state index in [4.69, 9.17) is 0 Å². The van der Waals surface area contributed by atoms with Crippen molar-refractivity contribution < 1.29 is 8.78 Å². The molecule has 0 bridgehead atoms. The summed E-state index contributed by atoms with van der Waals surface area (Å²) in [7, 11) is 1.91. The van der Waals surface area contributed by atoms with Crippen LogP contribution in [0.15, 0.2) is 47.4 Å². The largest absolute Gasteiger partial charge is 0.313 e. The molecule has 1 unspecified atom stereocenters. The molecule has 0 aliphatic heterocycles. The van der Waals surface area contributed by atoms with Gasteiger partial charge in [-0.1, -0.05) is 24.3 Å². The van der Waals surface area contributed by atoms with Gasteiger partial charge in [0.1, 0.15) is 0 Å². The molecule has 2 aromatic rings. The van der Waals surface area contributed by atoms with E-state index in [2.05, 4.69) is 18.3 Å². The van der Waals surface area contributed by atoms with Gasteiger partial charge in [-0.25, -0.2) is 8.78 Å². The van der Waals surface area contributed by atoms with Crippen molar-refractivity contribution in [1.29, 1.82) is 0 Å². The van der Waals surface area contributed by atoms with Crippen molar-refractivity contribution in [1.82, 2.24) is 5.32 Å². The summed E-state index contributed by atoms with van der Waals surface area (Å²) in [5.74, 6) is -1.12. The maximum absolute atomic E-state index is 13.6. The average Bonchev–Trinajstić information content (AvgIpc) is 2.48. The highest BCUT2D eigenvalue weighted by molar-refractivity contribution is 7.98. The van der Waals surface area contributed by atoms with E-state index in [1.165, 1.54) is 23.4 Å². The van der Waals surface area contributed by atoms with Crippen molar-refractivity contribution in [3.63, 3.8) is 0 Å². The average molecular weight is 293 g/mol. The van der Waals surface area contributed by atoms with E-state index < -0.39 is 11.6 Å². The van der Waals surface area contributed by atoms with Crippen LogP contribution in [0.5, 0.6) is 0 Å². The van der Waals surface area contributed by atoms with Crippen molar-refractivity contribution in [2.24, 2.45) is 0 Å². The molecule has 2 aromatic carbocycles. The second-order valence-electron chi connectivity index (χ2n) is 4.58. The van der Waals surface area contributed by atoms with Crippen LogP contribution in [-0.2, 0) is 5.75 Å². The second-order valence-corrected chi connectivity index (χ2v) is 5.63. The van der Waals surface area contributed by atoms with Crippen LogP contribution in [0.1, 0.15) is 24.1 Å². The molecule has 0 saturated heterocycles. The molecule has 106 valence electrons. The summed E-state index contributed by atoms with van der Waals surface area (Å²) in [5.41, 5.74) is 1.57. The van der Waals surface area contributed by atoms with Crippen LogP contribution in [0.25, 0.3) is 0 Å². The Morgan fingerprint density at radius 3 is 2.65 bits per heavy atom. The normalized spacial score (nSPS) is 12.4. The lowest BCUT2D eigenvalue weighted by Crippen LogP contribution is -2.11. The SMILES string of the molecule is CNC(C)c1cccc(SCc2cccc(F)c2F)c1. The van der Waals surface area contributed by atoms with Crippen molar-refractivity contribution >= 4 is 11.8 Å². The summed E-state index contributed by atoms with van der Waals surface area (Å²) in [6.45, 7) is 2.08. The first-order valence-corrected chi connectivity index (χ1v) is 7.43. The first-order valence-electron chi connectivity index (χ1n) is 6.44. The fourth-order valence-electron chi connectivity index (χ4n) is 1.86. The predicted octanol–water partition coefficient (Wildman–Crippen LogP) is 4.54. The highest BCUT2D eigenvalue weighted by atomic mass is 32.2. The van der Waals surface area contributed by atoms with Crippen LogP contribution in [0.3, 0.4) is 0 Å². The predicted molar refractivity (Wildman–Crippen MR) is 79.8 cm³/mol. The van der Waals surface area contributed by atoms with Gasteiger partial charge in [-0.2, -0.15) is 0 Å². The van der Waals surface area contributed by atoms with Crippen LogP contribution in [0.2, 0.25) is 0 Å². The smallest absolute Gasteiger partial charge is 0.162 e. The zero-order valence-electron chi connectivity index (χ0n) is 11.5. The fourth-order valence-corrected chi connectivity index (χ4v) is 2.80. The van der Waals surface area contributed by atoms with E-state index in [0.717, 1.165) is 11.0 Å². The third kappa shape index (κ3) is 3.58. The van der Waals surface area contributed by atoms with E-state index in [0.29, 0.717) is 11.3 Å². The monoisotopic (exact) mass is 293 g/mol. The standard InChI is InChI=1S/C16H17F2NS/c1-11(19-2)12-5-3-7-14(9-12)20-10-13-6-4-8-15(17)16(13)18/h3-9,11,19H,10H2,1-2H3. The van der Waals surface area contributed by atoms with Crippen LogP contribution in [0.4, 0.5) is 8.78 Å². The Bertz CT molecular complexity index is 586. The molecule has 0 aliphatic carbocycles. The third-order valence-electron chi connectivity index (χ3n) is 3.22. The fraction of sp³-hybridized carbons (Fsp3) is 0.250. The van der Waals surface area contributed by atoms with Gasteiger partial charge in [0.05, 0.1) is 0 Å². The van der Waals surface area contributed by atoms with Crippen molar-refractivity contribution in [3.05, 3.63) is 65.2 Å². The van der Waals surface area contributed by atoms with Crippen LogP contribution < -0.4 is 5.32 Å². The molecule has 20 heavy (non-hydrogen) atoms. The van der Waals surface area contributed by atoms with Gasteiger partial charge in [-0.05, 0) is 37.7 Å². The Morgan fingerprint density at radius 1 is 1.15 bits per heavy atom. The summed E-state index contributed by atoms with van der Waals surface area (Å²) >= 11 is 1.50. The minimum absolute atomic E-state index is 0.265. The lowest BCUT2D eigenvalue weighted by molar-refractivity contribution is 0.502. The molecule has 0 spiro atoms. The quantitative estimate of drug-likeness (QED) is 0.812. The van der Waals surface area contributed by atoms with Crippen LogP contribution in [-0.4, -0.2) is 7.05 Å². The van der Waals surface area contributed by atoms with Crippen LogP contribution in [0, 0.1) is 11.6 Å². The summed E-state index contributed by atoms with van der Waals surface area (Å²) in [5, 5.41) is 3.18. The molecule has 0 radical (unpaired) electrons. The highest BCUT2D eigenvalue weighted by Crippen LogP contribution is 2.27. The Morgan fingerprint density at radius 2 is 1.90 bits per heavy atom. The Kier molecular flexibility index (Phi) is 5.15. The zero-order chi connectivity index (χ0) is 14.5. The van der Waals surface area contributed by atoms with Crippen molar-refractivity contribution in [2.45, 2.75) is 23.6 Å². The van der Waals surface area contributed by atoms with Crippen LogP contribution >= 0.6 is 11.8 Å². The Hall–Kier alpha value is -1.39. The van der Waals surface area contributed by atoms with E-state index in [1.807, 2.05) is 25.2 Å². The number of benzene rings is 2. The van der Waals surface area contributed by atoms with E-state index >= 15 is 0 Å². The minimum Gasteiger partial charge on any atom is -0.313 e. The third-order valence-corrected chi connectivity index (χ3v) is 4.26. The molecule has 1 atom stereocenters. The molecule has 2 rings (SSSR count). The van der Waals surface area contributed by atoms with Crippen molar-refractivity contribution in [3.8, 4) is 0 Å². The Labute approximate surface area is 122 Å². The van der Waals surface area contributed by atoms with Gasteiger partial charge < -0.3 is 5.32 Å². The van der Waals surface area contributed by atoms with Crippen molar-refractivity contribution in [2.75, 3.05) is 7.05 Å². The second kappa shape index (κ2) is 6.86. The van der Waals surface area contributed by atoms with Gasteiger partial charge in [-0.15, -0.1) is 11.8 Å². The molecular formula is C16H17F2NS. The molecule has 1 nitrogen and oxygen atoms in total. The summed E-state index contributed by atoms with van der Waals surface area (Å²) in [6.07, 6.45) is 0. The van der Waals surface area contributed by atoms with Gasteiger partial charge in [0, 0.05) is 22.3 Å².